The Morgan fingerprint density at radius 1 is 1.45 bits per heavy atom. The molecule has 0 aliphatic carbocycles. The van der Waals surface area contributed by atoms with Crippen LogP contribution in [0.2, 0.25) is 5.02 Å². The van der Waals surface area contributed by atoms with Crippen molar-refractivity contribution in [2.24, 2.45) is 0 Å². The minimum atomic E-state index is -0.957. The molecule has 1 aromatic carbocycles. The molecule has 0 spiro atoms. The van der Waals surface area contributed by atoms with E-state index in [1.807, 2.05) is 6.92 Å². The molecule has 6 heteroatoms. The lowest BCUT2D eigenvalue weighted by molar-refractivity contribution is -0.153. The molecule has 1 saturated heterocycles. The molecule has 0 aromatic heterocycles. The van der Waals surface area contributed by atoms with Gasteiger partial charge in [0.05, 0.1) is 6.54 Å². The molecule has 1 aromatic rings. The standard InChI is InChI=1S/C14H16ClFN2O2/c1-3-14(2)13(20)17-7-12(19)18(14)8-9-4-5-10(15)6-11(9)16/h4-6H,3,7-8H2,1-2H3,(H,17,20). The zero-order valence-corrected chi connectivity index (χ0v) is 12.1. The van der Waals surface area contributed by atoms with Crippen molar-refractivity contribution >= 4 is 23.4 Å². The fraction of sp³-hybridized carbons (Fsp3) is 0.429. The molecule has 1 atom stereocenters. The Labute approximate surface area is 121 Å². The molecule has 0 radical (unpaired) electrons. The maximum absolute atomic E-state index is 13.9. The number of benzene rings is 1. The number of piperazine rings is 1. The number of nitrogens with one attached hydrogen (secondary N) is 1. The molecule has 1 heterocycles. The normalized spacial score (nSPS) is 22.9. The van der Waals surface area contributed by atoms with Crippen LogP contribution in [0.5, 0.6) is 0 Å². The van der Waals surface area contributed by atoms with Gasteiger partial charge in [0.1, 0.15) is 11.4 Å². The molecule has 2 amide bonds. The summed E-state index contributed by atoms with van der Waals surface area (Å²) in [5, 5.41) is 2.87. The van der Waals surface area contributed by atoms with Crippen LogP contribution >= 0.6 is 11.6 Å². The van der Waals surface area contributed by atoms with Gasteiger partial charge in [-0.25, -0.2) is 4.39 Å². The summed E-state index contributed by atoms with van der Waals surface area (Å²) < 4.78 is 13.9. The van der Waals surface area contributed by atoms with E-state index < -0.39 is 11.4 Å². The maximum atomic E-state index is 13.9. The van der Waals surface area contributed by atoms with Crippen molar-refractivity contribution in [2.45, 2.75) is 32.4 Å². The van der Waals surface area contributed by atoms with Crippen LogP contribution in [0.1, 0.15) is 25.8 Å². The first-order chi connectivity index (χ1) is 9.38. The van der Waals surface area contributed by atoms with Gasteiger partial charge >= 0.3 is 0 Å². The SMILES string of the molecule is CCC1(C)C(=O)NCC(=O)N1Cc1ccc(Cl)cc1F. The average molecular weight is 299 g/mol. The third kappa shape index (κ3) is 2.50. The molecule has 1 fully saturated rings. The monoisotopic (exact) mass is 298 g/mol. The molecule has 108 valence electrons. The Bertz CT molecular complexity index is 564. The highest BCUT2D eigenvalue weighted by molar-refractivity contribution is 6.30. The first-order valence-electron chi connectivity index (χ1n) is 6.41. The van der Waals surface area contributed by atoms with E-state index >= 15 is 0 Å². The largest absolute Gasteiger partial charge is 0.345 e. The van der Waals surface area contributed by atoms with Crippen molar-refractivity contribution < 1.29 is 14.0 Å². The van der Waals surface area contributed by atoms with Crippen LogP contribution in [0.4, 0.5) is 4.39 Å². The molecular formula is C14H16ClFN2O2. The van der Waals surface area contributed by atoms with E-state index in [2.05, 4.69) is 5.32 Å². The quantitative estimate of drug-likeness (QED) is 0.929. The molecule has 1 aliphatic heterocycles. The van der Waals surface area contributed by atoms with E-state index in [-0.39, 0.29) is 24.9 Å². The van der Waals surface area contributed by atoms with E-state index in [1.54, 1.807) is 13.0 Å². The van der Waals surface area contributed by atoms with Crippen molar-refractivity contribution in [2.75, 3.05) is 6.54 Å². The Hall–Kier alpha value is -1.62. The molecule has 1 unspecified atom stereocenters. The second kappa shape index (κ2) is 5.40. The number of carbonyl (C=O) groups is 2. The Kier molecular flexibility index (Phi) is 3.99. The fourth-order valence-corrected chi connectivity index (χ4v) is 2.43. The molecule has 0 bridgehead atoms. The van der Waals surface area contributed by atoms with E-state index in [4.69, 9.17) is 11.6 Å². The van der Waals surface area contributed by atoms with E-state index in [0.29, 0.717) is 17.0 Å². The molecule has 0 saturated carbocycles. The van der Waals surface area contributed by atoms with Crippen molar-refractivity contribution in [3.8, 4) is 0 Å². The molecular weight excluding hydrogens is 283 g/mol. The van der Waals surface area contributed by atoms with Crippen LogP contribution in [0.25, 0.3) is 0 Å². The zero-order valence-electron chi connectivity index (χ0n) is 11.4. The zero-order chi connectivity index (χ0) is 14.9. The summed E-state index contributed by atoms with van der Waals surface area (Å²) in [5.74, 6) is -0.910. The van der Waals surface area contributed by atoms with Crippen molar-refractivity contribution in [3.63, 3.8) is 0 Å². The summed E-state index contributed by atoms with van der Waals surface area (Å²) in [6, 6.07) is 4.31. The molecule has 1 aliphatic rings. The second-order valence-electron chi connectivity index (χ2n) is 5.03. The maximum Gasteiger partial charge on any atom is 0.246 e. The summed E-state index contributed by atoms with van der Waals surface area (Å²) in [6.07, 6.45) is 0.458. The number of hydrogen-bond donors (Lipinski definition) is 1. The molecule has 1 N–H and O–H groups in total. The Morgan fingerprint density at radius 3 is 2.75 bits per heavy atom. The van der Waals surface area contributed by atoms with Gasteiger partial charge < -0.3 is 10.2 Å². The van der Waals surface area contributed by atoms with Crippen molar-refractivity contribution in [1.29, 1.82) is 0 Å². The van der Waals surface area contributed by atoms with Gasteiger partial charge in [-0.3, -0.25) is 9.59 Å². The highest BCUT2D eigenvalue weighted by Gasteiger charge is 2.44. The number of halogens is 2. The van der Waals surface area contributed by atoms with E-state index in [0.717, 1.165) is 0 Å². The smallest absolute Gasteiger partial charge is 0.246 e. The van der Waals surface area contributed by atoms with Gasteiger partial charge in [-0.1, -0.05) is 24.6 Å². The third-order valence-corrected chi connectivity index (χ3v) is 4.05. The minimum absolute atomic E-state index is 0.0520. The number of carbonyl (C=O) groups excluding carboxylic acids is 2. The van der Waals surface area contributed by atoms with Gasteiger partial charge in [-0.15, -0.1) is 0 Å². The third-order valence-electron chi connectivity index (χ3n) is 3.82. The number of rotatable bonds is 3. The molecule has 4 nitrogen and oxygen atoms in total. The van der Waals surface area contributed by atoms with Crippen LogP contribution in [0.3, 0.4) is 0 Å². The predicted octanol–water partition coefficient (Wildman–Crippen LogP) is 2.11. The summed E-state index contributed by atoms with van der Waals surface area (Å²) in [6.45, 7) is 3.51. The number of nitrogens with zero attached hydrogens (tertiary/aromatic N) is 1. The van der Waals surface area contributed by atoms with Crippen molar-refractivity contribution in [3.05, 3.63) is 34.6 Å². The van der Waals surface area contributed by atoms with Gasteiger partial charge in [-0.2, -0.15) is 0 Å². The highest BCUT2D eigenvalue weighted by atomic mass is 35.5. The first-order valence-corrected chi connectivity index (χ1v) is 6.79. The summed E-state index contributed by atoms with van der Waals surface area (Å²) in [5.41, 5.74) is -0.612. The van der Waals surface area contributed by atoms with Gasteiger partial charge in [0.2, 0.25) is 11.8 Å². The van der Waals surface area contributed by atoms with Gasteiger partial charge in [-0.05, 0) is 25.5 Å². The van der Waals surface area contributed by atoms with E-state index in [9.17, 15) is 14.0 Å². The number of amides is 2. The minimum Gasteiger partial charge on any atom is -0.345 e. The summed E-state index contributed by atoms with van der Waals surface area (Å²) in [4.78, 5) is 25.5. The van der Waals surface area contributed by atoms with Crippen LogP contribution in [-0.4, -0.2) is 28.8 Å². The summed E-state index contributed by atoms with van der Waals surface area (Å²) in [7, 11) is 0. The number of hydrogen-bond acceptors (Lipinski definition) is 2. The Morgan fingerprint density at radius 2 is 2.15 bits per heavy atom. The lowest BCUT2D eigenvalue weighted by Gasteiger charge is -2.43. The van der Waals surface area contributed by atoms with Gasteiger partial charge in [0.15, 0.2) is 0 Å². The second-order valence-corrected chi connectivity index (χ2v) is 5.46. The lowest BCUT2D eigenvalue weighted by atomic mass is 9.92. The Balaban J connectivity index is 2.33. The summed E-state index contributed by atoms with van der Waals surface area (Å²) >= 11 is 5.71. The molecule has 2 rings (SSSR count). The fourth-order valence-electron chi connectivity index (χ4n) is 2.27. The lowest BCUT2D eigenvalue weighted by Crippen LogP contribution is -2.65. The highest BCUT2D eigenvalue weighted by Crippen LogP contribution is 2.26. The topological polar surface area (TPSA) is 49.4 Å². The van der Waals surface area contributed by atoms with Crippen LogP contribution < -0.4 is 5.32 Å². The van der Waals surface area contributed by atoms with Gasteiger partial charge in [0, 0.05) is 17.1 Å². The average Bonchev–Trinajstić information content (AvgIpc) is 2.41. The van der Waals surface area contributed by atoms with Crippen LogP contribution in [0.15, 0.2) is 18.2 Å². The van der Waals surface area contributed by atoms with Crippen LogP contribution in [0, 0.1) is 5.82 Å². The van der Waals surface area contributed by atoms with Crippen molar-refractivity contribution in [1.82, 2.24) is 10.2 Å². The van der Waals surface area contributed by atoms with Crippen LogP contribution in [-0.2, 0) is 16.1 Å². The predicted molar refractivity (Wildman–Crippen MR) is 73.7 cm³/mol. The van der Waals surface area contributed by atoms with Gasteiger partial charge in [0.25, 0.3) is 0 Å². The molecule has 20 heavy (non-hydrogen) atoms. The first kappa shape index (κ1) is 14.8. The van der Waals surface area contributed by atoms with E-state index in [1.165, 1.54) is 17.0 Å².